The predicted octanol–water partition coefficient (Wildman–Crippen LogP) is 4.22. The maximum Gasteiger partial charge on any atom is 0.268 e. The van der Waals surface area contributed by atoms with Crippen molar-refractivity contribution < 1.29 is 14.7 Å². The lowest BCUT2D eigenvalue weighted by Crippen LogP contribution is -2.50. The summed E-state index contributed by atoms with van der Waals surface area (Å²) in [5.41, 5.74) is 1.91. The summed E-state index contributed by atoms with van der Waals surface area (Å²) in [6, 6.07) is 9.44. The number of fused-ring (bicyclic) bond motifs is 1. The molecule has 0 saturated heterocycles. The molecule has 0 spiro atoms. The van der Waals surface area contributed by atoms with Gasteiger partial charge in [-0.1, -0.05) is 38.8 Å². The maximum atomic E-state index is 13.3. The van der Waals surface area contributed by atoms with Crippen LogP contribution in [0.4, 0.5) is 0 Å². The lowest BCUT2D eigenvalue weighted by molar-refractivity contribution is -0.127. The first-order chi connectivity index (χ1) is 16.5. The van der Waals surface area contributed by atoms with Crippen molar-refractivity contribution in [2.75, 3.05) is 0 Å². The lowest BCUT2D eigenvalue weighted by atomic mass is 9.83. The molecule has 3 rings (SSSR count). The van der Waals surface area contributed by atoms with Gasteiger partial charge in [-0.2, -0.15) is 5.26 Å². The molecular formula is C28H40N4O3. The fraction of sp³-hybridized carbons (Fsp3) is 0.607. The Morgan fingerprint density at radius 2 is 1.94 bits per heavy atom. The Hall–Kier alpha value is -2.85. The molecule has 1 saturated carbocycles. The molecule has 0 bridgehead atoms. The van der Waals surface area contributed by atoms with E-state index in [9.17, 15) is 20.0 Å². The Morgan fingerprint density at radius 1 is 1.23 bits per heavy atom. The zero-order chi connectivity index (χ0) is 25.8. The minimum atomic E-state index is -0.723. The van der Waals surface area contributed by atoms with Crippen LogP contribution in [0.1, 0.15) is 82.3 Å². The molecule has 2 aromatic rings. The molecule has 0 unspecified atom stereocenters. The molecule has 7 nitrogen and oxygen atoms in total. The van der Waals surface area contributed by atoms with Crippen molar-refractivity contribution >= 4 is 22.7 Å². The highest BCUT2D eigenvalue weighted by Gasteiger charge is 2.33. The number of rotatable bonds is 9. The van der Waals surface area contributed by atoms with Crippen LogP contribution in [-0.4, -0.2) is 39.2 Å². The quantitative estimate of drug-likeness (QED) is 0.499. The van der Waals surface area contributed by atoms with Gasteiger partial charge in [0.2, 0.25) is 5.91 Å². The number of aliphatic hydroxyl groups is 1. The minimum absolute atomic E-state index is 0.143. The van der Waals surface area contributed by atoms with E-state index in [2.05, 4.69) is 22.8 Å². The van der Waals surface area contributed by atoms with Crippen LogP contribution >= 0.6 is 0 Å². The SMILES string of the molecule is CC(C)C[C@@H](C#N)NC(=O)[C@@H]1CCCC[C@@H]1NC(=O)c1cc2ccc(CCC(C)(C)O)cc2n1C. The average Bonchev–Trinajstić information content (AvgIpc) is 3.12. The zero-order valence-electron chi connectivity index (χ0n) is 21.7. The Labute approximate surface area is 208 Å². The lowest BCUT2D eigenvalue weighted by Gasteiger charge is -2.32. The van der Waals surface area contributed by atoms with Crippen LogP contribution < -0.4 is 10.6 Å². The summed E-state index contributed by atoms with van der Waals surface area (Å²) < 4.78 is 1.89. The Kier molecular flexibility index (Phi) is 8.60. The van der Waals surface area contributed by atoms with E-state index in [1.54, 1.807) is 13.8 Å². The van der Waals surface area contributed by atoms with Crippen molar-refractivity contribution in [2.24, 2.45) is 18.9 Å². The van der Waals surface area contributed by atoms with E-state index in [-0.39, 0.29) is 23.8 Å². The molecular weight excluding hydrogens is 440 g/mol. The topological polar surface area (TPSA) is 107 Å². The molecule has 1 fully saturated rings. The molecule has 7 heteroatoms. The predicted molar refractivity (Wildman–Crippen MR) is 138 cm³/mol. The summed E-state index contributed by atoms with van der Waals surface area (Å²) in [6.07, 6.45) is 5.37. The third-order valence-electron chi connectivity index (χ3n) is 6.97. The number of nitrogens with one attached hydrogen (secondary N) is 2. The minimum Gasteiger partial charge on any atom is -0.390 e. The van der Waals surface area contributed by atoms with E-state index < -0.39 is 11.6 Å². The standard InChI is InChI=1S/C28H40N4O3/c1-18(2)14-21(17-29)30-26(33)22-8-6-7-9-23(22)31-27(34)25-16-20-11-10-19(12-13-28(3,4)35)15-24(20)32(25)5/h10-11,15-16,18,21-23,35H,6-9,12-14H2,1-5H3,(H,30,33)(H,31,34)/t21-,22+,23-/m0/s1. The molecule has 0 radical (unpaired) electrons. The molecule has 0 aliphatic heterocycles. The van der Waals surface area contributed by atoms with E-state index in [4.69, 9.17) is 0 Å². The fourth-order valence-electron chi connectivity index (χ4n) is 4.95. The van der Waals surface area contributed by atoms with Crippen LogP contribution in [0, 0.1) is 23.2 Å². The number of aromatic nitrogens is 1. The van der Waals surface area contributed by atoms with E-state index in [0.717, 1.165) is 42.1 Å². The van der Waals surface area contributed by atoms with Crippen LogP contribution in [0.25, 0.3) is 10.9 Å². The van der Waals surface area contributed by atoms with Gasteiger partial charge in [0.15, 0.2) is 0 Å². The van der Waals surface area contributed by atoms with Gasteiger partial charge in [0, 0.05) is 24.0 Å². The largest absolute Gasteiger partial charge is 0.390 e. The second-order valence-electron chi connectivity index (χ2n) is 11.1. The molecule has 190 valence electrons. The molecule has 1 aromatic heterocycles. The number of carbonyl (C=O) groups excluding carboxylic acids is 2. The zero-order valence-corrected chi connectivity index (χ0v) is 21.7. The Morgan fingerprint density at radius 3 is 2.60 bits per heavy atom. The highest BCUT2D eigenvalue weighted by molar-refractivity contribution is 5.99. The highest BCUT2D eigenvalue weighted by Crippen LogP contribution is 2.27. The third-order valence-corrected chi connectivity index (χ3v) is 6.97. The summed E-state index contributed by atoms with van der Waals surface area (Å²) >= 11 is 0. The van der Waals surface area contributed by atoms with Gasteiger partial charge >= 0.3 is 0 Å². The number of benzene rings is 1. The second kappa shape index (κ2) is 11.3. The van der Waals surface area contributed by atoms with Crippen molar-refractivity contribution in [3.63, 3.8) is 0 Å². The van der Waals surface area contributed by atoms with Gasteiger partial charge in [0.25, 0.3) is 5.91 Å². The van der Waals surface area contributed by atoms with Gasteiger partial charge in [0.1, 0.15) is 11.7 Å². The number of nitriles is 1. The number of hydrogen-bond acceptors (Lipinski definition) is 4. The van der Waals surface area contributed by atoms with E-state index >= 15 is 0 Å². The maximum absolute atomic E-state index is 13.3. The summed E-state index contributed by atoms with van der Waals surface area (Å²) in [7, 11) is 1.88. The number of hydrogen-bond donors (Lipinski definition) is 3. The van der Waals surface area contributed by atoms with Crippen molar-refractivity contribution in [1.82, 2.24) is 15.2 Å². The smallest absolute Gasteiger partial charge is 0.268 e. The number of carbonyl (C=O) groups is 2. The van der Waals surface area contributed by atoms with Crippen molar-refractivity contribution in [1.29, 1.82) is 5.26 Å². The second-order valence-corrected chi connectivity index (χ2v) is 11.1. The van der Waals surface area contributed by atoms with E-state index in [1.165, 1.54) is 0 Å². The molecule has 1 aliphatic carbocycles. The van der Waals surface area contributed by atoms with Crippen LogP contribution in [0.5, 0.6) is 0 Å². The van der Waals surface area contributed by atoms with Gasteiger partial charge in [-0.3, -0.25) is 9.59 Å². The Balaban J connectivity index is 1.73. The van der Waals surface area contributed by atoms with Crippen molar-refractivity contribution in [3.05, 3.63) is 35.5 Å². The van der Waals surface area contributed by atoms with Gasteiger partial charge in [-0.15, -0.1) is 0 Å². The number of aryl methyl sites for hydroxylation is 2. The molecule has 2 amide bonds. The van der Waals surface area contributed by atoms with E-state index in [1.807, 2.05) is 43.7 Å². The van der Waals surface area contributed by atoms with Crippen LogP contribution in [-0.2, 0) is 18.3 Å². The molecule has 35 heavy (non-hydrogen) atoms. The van der Waals surface area contributed by atoms with E-state index in [0.29, 0.717) is 30.9 Å². The Bertz CT molecular complexity index is 1090. The van der Waals surface area contributed by atoms with Crippen LogP contribution in [0.2, 0.25) is 0 Å². The third kappa shape index (κ3) is 7.08. The highest BCUT2D eigenvalue weighted by atomic mass is 16.3. The molecule has 1 aliphatic rings. The average molecular weight is 481 g/mol. The summed E-state index contributed by atoms with van der Waals surface area (Å²) in [5.74, 6) is -0.357. The van der Waals surface area contributed by atoms with Gasteiger partial charge in [-0.05, 0) is 69.6 Å². The van der Waals surface area contributed by atoms with Crippen molar-refractivity contribution in [3.8, 4) is 6.07 Å². The van der Waals surface area contributed by atoms with Gasteiger partial charge in [-0.25, -0.2) is 0 Å². The summed E-state index contributed by atoms with van der Waals surface area (Å²) in [5, 5.41) is 26.5. The summed E-state index contributed by atoms with van der Waals surface area (Å²) in [4.78, 5) is 26.3. The normalized spacial score (nSPS) is 19.4. The molecule has 3 atom stereocenters. The number of nitrogens with zero attached hydrogens (tertiary/aromatic N) is 2. The fourth-order valence-corrected chi connectivity index (χ4v) is 4.95. The first kappa shape index (κ1) is 26.7. The first-order valence-corrected chi connectivity index (χ1v) is 12.8. The molecule has 3 N–H and O–H groups in total. The van der Waals surface area contributed by atoms with Crippen LogP contribution in [0.3, 0.4) is 0 Å². The van der Waals surface area contributed by atoms with Crippen molar-refractivity contribution in [2.45, 2.75) is 90.3 Å². The van der Waals surface area contributed by atoms with Gasteiger partial charge in [0.05, 0.1) is 17.6 Å². The van der Waals surface area contributed by atoms with Crippen LogP contribution in [0.15, 0.2) is 24.3 Å². The summed E-state index contributed by atoms with van der Waals surface area (Å²) in [6.45, 7) is 7.67. The molecule has 1 aromatic carbocycles. The molecule has 1 heterocycles. The number of amides is 2. The van der Waals surface area contributed by atoms with Gasteiger partial charge < -0.3 is 20.3 Å². The monoisotopic (exact) mass is 480 g/mol. The first-order valence-electron chi connectivity index (χ1n) is 12.8.